The molecule has 0 nitrogen and oxygen atoms in total. The lowest BCUT2D eigenvalue weighted by atomic mass is 9.88. The van der Waals surface area contributed by atoms with Crippen LogP contribution in [0.3, 0.4) is 0 Å². The fraction of sp³-hybridized carbons (Fsp3) is 0.250. The minimum Gasteiger partial charge on any atom is -0.0628 e. The lowest BCUT2D eigenvalue weighted by Crippen LogP contribution is -1.98. The van der Waals surface area contributed by atoms with Crippen LogP contribution in [0.5, 0.6) is 0 Å². The van der Waals surface area contributed by atoms with Crippen LogP contribution < -0.4 is 0 Å². The zero-order chi connectivity index (χ0) is 16.7. The molecule has 1 unspecified atom stereocenters. The molecule has 0 aliphatic rings. The molecule has 0 amide bonds. The van der Waals surface area contributed by atoms with E-state index in [1.807, 2.05) is 0 Å². The third-order valence-electron chi connectivity index (χ3n) is 5.16. The van der Waals surface area contributed by atoms with Crippen LogP contribution in [0.2, 0.25) is 0 Å². The monoisotopic (exact) mass is 312 g/mol. The van der Waals surface area contributed by atoms with Gasteiger partial charge in [-0.1, -0.05) is 87.5 Å². The molecule has 0 radical (unpaired) electrons. The first kappa shape index (κ1) is 15.2. The molecule has 0 aliphatic heterocycles. The van der Waals surface area contributed by atoms with Crippen LogP contribution in [0.15, 0.2) is 66.7 Å². The first-order valence-corrected chi connectivity index (χ1v) is 8.98. The number of rotatable bonds is 3. The Kier molecular flexibility index (Phi) is 3.76. The molecule has 24 heavy (non-hydrogen) atoms. The highest BCUT2D eigenvalue weighted by Crippen LogP contribution is 2.36. The summed E-state index contributed by atoms with van der Waals surface area (Å²) in [6.07, 6.45) is 1.23. The number of fused-ring (bicyclic) bond motifs is 6. The highest BCUT2D eigenvalue weighted by molar-refractivity contribution is 6.25. The first-order chi connectivity index (χ1) is 11.6. The zero-order valence-electron chi connectivity index (χ0n) is 14.7. The van der Waals surface area contributed by atoms with Crippen molar-refractivity contribution in [1.82, 2.24) is 0 Å². The Morgan fingerprint density at radius 2 is 1.04 bits per heavy atom. The maximum atomic E-state index is 2.43. The summed E-state index contributed by atoms with van der Waals surface area (Å²) in [7, 11) is 0. The topological polar surface area (TPSA) is 0 Å². The zero-order valence-corrected chi connectivity index (χ0v) is 14.7. The van der Waals surface area contributed by atoms with Crippen molar-refractivity contribution < 1.29 is 0 Å². The van der Waals surface area contributed by atoms with Crippen molar-refractivity contribution >= 4 is 32.3 Å². The van der Waals surface area contributed by atoms with Gasteiger partial charge in [0.2, 0.25) is 0 Å². The van der Waals surface area contributed by atoms with Gasteiger partial charge in [-0.25, -0.2) is 0 Å². The standard InChI is InChI=1S/C24H24/c1-16(2)14-17(3)18-12-13-23-21-10-5-4-8-19(21)20-9-6-7-11-22(20)24(23)15-18/h4-13,15-17H,14H2,1-3H3. The molecular weight excluding hydrogens is 288 g/mol. The second-order valence-corrected chi connectivity index (χ2v) is 7.43. The fourth-order valence-corrected chi connectivity index (χ4v) is 4.07. The van der Waals surface area contributed by atoms with Crippen molar-refractivity contribution in [3.8, 4) is 0 Å². The van der Waals surface area contributed by atoms with E-state index in [1.165, 1.54) is 44.3 Å². The minimum atomic E-state index is 0.597. The van der Waals surface area contributed by atoms with Gasteiger partial charge in [0.1, 0.15) is 0 Å². The van der Waals surface area contributed by atoms with Gasteiger partial charge in [0.25, 0.3) is 0 Å². The number of hydrogen-bond acceptors (Lipinski definition) is 0. The van der Waals surface area contributed by atoms with Gasteiger partial charge in [0, 0.05) is 0 Å². The number of benzene rings is 4. The Balaban J connectivity index is 2.06. The average Bonchev–Trinajstić information content (AvgIpc) is 2.61. The van der Waals surface area contributed by atoms with Crippen molar-refractivity contribution in [2.24, 2.45) is 5.92 Å². The predicted octanol–water partition coefficient (Wildman–Crippen LogP) is 7.30. The molecule has 0 aliphatic carbocycles. The Morgan fingerprint density at radius 1 is 0.583 bits per heavy atom. The van der Waals surface area contributed by atoms with Crippen LogP contribution >= 0.6 is 0 Å². The molecule has 0 heterocycles. The van der Waals surface area contributed by atoms with E-state index < -0.39 is 0 Å². The first-order valence-electron chi connectivity index (χ1n) is 8.98. The number of hydrogen-bond donors (Lipinski definition) is 0. The van der Waals surface area contributed by atoms with Crippen molar-refractivity contribution in [3.63, 3.8) is 0 Å². The highest BCUT2D eigenvalue weighted by atomic mass is 14.2. The second-order valence-electron chi connectivity index (χ2n) is 7.43. The van der Waals surface area contributed by atoms with Gasteiger partial charge < -0.3 is 0 Å². The third-order valence-corrected chi connectivity index (χ3v) is 5.16. The van der Waals surface area contributed by atoms with Crippen molar-refractivity contribution in [3.05, 3.63) is 72.3 Å². The highest BCUT2D eigenvalue weighted by Gasteiger charge is 2.12. The summed E-state index contributed by atoms with van der Waals surface area (Å²) in [4.78, 5) is 0. The lowest BCUT2D eigenvalue weighted by molar-refractivity contribution is 0.524. The summed E-state index contributed by atoms with van der Waals surface area (Å²) in [5.74, 6) is 1.32. The van der Waals surface area contributed by atoms with E-state index in [1.54, 1.807) is 0 Å². The molecular formula is C24H24. The van der Waals surface area contributed by atoms with Crippen molar-refractivity contribution in [2.75, 3.05) is 0 Å². The summed E-state index contributed by atoms with van der Waals surface area (Å²) in [5, 5.41) is 8.18. The maximum absolute atomic E-state index is 2.43. The van der Waals surface area contributed by atoms with Crippen LogP contribution in [0.25, 0.3) is 32.3 Å². The Hall–Kier alpha value is -2.34. The quantitative estimate of drug-likeness (QED) is 0.348. The molecule has 0 heteroatoms. The summed E-state index contributed by atoms with van der Waals surface area (Å²) in [6, 6.07) is 24.7. The summed E-state index contributed by atoms with van der Waals surface area (Å²) in [5.41, 5.74) is 1.46. The molecule has 0 N–H and O–H groups in total. The fourth-order valence-electron chi connectivity index (χ4n) is 4.07. The van der Waals surface area contributed by atoms with Crippen molar-refractivity contribution in [2.45, 2.75) is 33.1 Å². The molecule has 0 saturated carbocycles. The second kappa shape index (κ2) is 5.94. The molecule has 0 bridgehead atoms. The van der Waals surface area contributed by atoms with E-state index in [9.17, 15) is 0 Å². The van der Waals surface area contributed by atoms with E-state index in [4.69, 9.17) is 0 Å². The van der Waals surface area contributed by atoms with Crippen molar-refractivity contribution in [1.29, 1.82) is 0 Å². The van der Waals surface area contributed by atoms with Gasteiger partial charge >= 0.3 is 0 Å². The molecule has 4 aromatic rings. The van der Waals surface area contributed by atoms with Gasteiger partial charge in [0.05, 0.1) is 0 Å². The van der Waals surface area contributed by atoms with Crippen LogP contribution in [0.4, 0.5) is 0 Å². The Bertz CT molecular complexity index is 989. The Labute approximate surface area is 144 Å². The smallest absolute Gasteiger partial charge is 0.00961 e. The van der Waals surface area contributed by atoms with E-state index in [0.717, 1.165) is 5.92 Å². The lowest BCUT2D eigenvalue weighted by Gasteiger charge is -2.17. The predicted molar refractivity (Wildman–Crippen MR) is 107 cm³/mol. The van der Waals surface area contributed by atoms with Crippen LogP contribution in [0.1, 0.15) is 38.7 Å². The Morgan fingerprint density at radius 3 is 1.54 bits per heavy atom. The molecule has 1 atom stereocenters. The molecule has 0 spiro atoms. The van der Waals surface area contributed by atoms with Gasteiger partial charge in [-0.2, -0.15) is 0 Å². The van der Waals surface area contributed by atoms with E-state index >= 15 is 0 Å². The molecule has 0 saturated heterocycles. The van der Waals surface area contributed by atoms with E-state index in [2.05, 4.69) is 87.5 Å². The summed E-state index contributed by atoms with van der Waals surface area (Å²) < 4.78 is 0. The van der Waals surface area contributed by atoms with Crippen LogP contribution in [-0.4, -0.2) is 0 Å². The normalized spacial score (nSPS) is 13.2. The van der Waals surface area contributed by atoms with E-state index in [0.29, 0.717) is 5.92 Å². The van der Waals surface area contributed by atoms with Crippen LogP contribution in [-0.2, 0) is 0 Å². The molecule has 0 aromatic heterocycles. The van der Waals surface area contributed by atoms with Crippen LogP contribution in [0, 0.1) is 5.92 Å². The van der Waals surface area contributed by atoms with Gasteiger partial charge in [-0.05, 0) is 56.1 Å². The summed E-state index contributed by atoms with van der Waals surface area (Å²) >= 11 is 0. The maximum Gasteiger partial charge on any atom is -0.00961 e. The molecule has 0 fully saturated rings. The summed E-state index contributed by atoms with van der Waals surface area (Å²) in [6.45, 7) is 6.96. The average molecular weight is 312 g/mol. The third kappa shape index (κ3) is 2.47. The largest absolute Gasteiger partial charge is 0.0628 e. The molecule has 4 rings (SSSR count). The minimum absolute atomic E-state index is 0.597. The van der Waals surface area contributed by atoms with Gasteiger partial charge in [-0.3, -0.25) is 0 Å². The molecule has 4 aromatic carbocycles. The molecule has 120 valence electrons. The van der Waals surface area contributed by atoms with Gasteiger partial charge in [0.15, 0.2) is 0 Å². The SMILES string of the molecule is CC(C)CC(C)c1ccc2c3ccccc3c3ccccc3c2c1. The van der Waals surface area contributed by atoms with E-state index in [-0.39, 0.29) is 0 Å². The van der Waals surface area contributed by atoms with Gasteiger partial charge in [-0.15, -0.1) is 0 Å².